The molecule has 0 aliphatic heterocycles. The molecule has 1 amide bonds. The molecule has 1 aliphatic carbocycles. The van der Waals surface area contributed by atoms with Gasteiger partial charge in [-0.3, -0.25) is 4.79 Å². The van der Waals surface area contributed by atoms with Gasteiger partial charge in [0.05, 0.1) is 6.61 Å². The van der Waals surface area contributed by atoms with Crippen molar-refractivity contribution in [3.05, 3.63) is 29.8 Å². The van der Waals surface area contributed by atoms with Crippen molar-refractivity contribution in [1.29, 1.82) is 0 Å². The average Bonchev–Trinajstić information content (AvgIpc) is 2.85. The number of rotatable bonds is 4. The summed E-state index contributed by atoms with van der Waals surface area (Å²) in [5.41, 5.74) is 6.69. The number of carbonyl (C=O) groups excluding carboxylic acids is 1. The summed E-state index contributed by atoms with van der Waals surface area (Å²) >= 11 is 0. The molecule has 1 aromatic rings. The Kier molecular flexibility index (Phi) is 3.87. The van der Waals surface area contributed by atoms with Gasteiger partial charge in [-0.05, 0) is 31.0 Å². The molecule has 2 rings (SSSR count). The highest BCUT2D eigenvalue weighted by atomic mass is 16.3. The third-order valence-electron chi connectivity index (χ3n) is 3.77. The zero-order valence-corrected chi connectivity index (χ0v) is 10.5. The number of nitrogen functional groups attached to an aromatic ring is 1. The molecule has 0 radical (unpaired) electrons. The van der Waals surface area contributed by atoms with Crippen molar-refractivity contribution >= 4 is 11.6 Å². The van der Waals surface area contributed by atoms with E-state index in [2.05, 4.69) is 5.32 Å². The molecular formula is C14H20N2O2. The Hall–Kier alpha value is -1.55. The number of nitrogens with one attached hydrogen (secondary N) is 1. The molecule has 4 nitrogen and oxygen atoms in total. The molecule has 0 spiro atoms. The quantitative estimate of drug-likeness (QED) is 0.708. The minimum Gasteiger partial charge on any atom is -0.399 e. The standard InChI is InChI=1S/C14H20N2O2/c15-12-5-3-4-11(8-12)13(18)16-9-14(10-17)6-1-2-7-14/h3-5,8,17H,1-2,6-7,9-10,15H2,(H,16,18). The van der Waals surface area contributed by atoms with Crippen LogP contribution < -0.4 is 11.1 Å². The van der Waals surface area contributed by atoms with Crippen LogP contribution in [0.2, 0.25) is 0 Å². The second-order valence-corrected chi connectivity index (χ2v) is 5.17. The Morgan fingerprint density at radius 2 is 2.11 bits per heavy atom. The Bertz CT molecular complexity index is 426. The highest BCUT2D eigenvalue weighted by molar-refractivity contribution is 5.95. The number of nitrogens with two attached hydrogens (primary N) is 1. The Morgan fingerprint density at radius 1 is 1.39 bits per heavy atom. The number of amides is 1. The first-order chi connectivity index (χ1) is 8.65. The fraction of sp³-hybridized carbons (Fsp3) is 0.500. The highest BCUT2D eigenvalue weighted by Crippen LogP contribution is 2.36. The molecule has 0 unspecified atom stereocenters. The number of hydrogen-bond acceptors (Lipinski definition) is 3. The van der Waals surface area contributed by atoms with Crippen molar-refractivity contribution in [2.75, 3.05) is 18.9 Å². The van der Waals surface area contributed by atoms with Gasteiger partial charge in [0.1, 0.15) is 0 Å². The lowest BCUT2D eigenvalue weighted by Gasteiger charge is -2.26. The summed E-state index contributed by atoms with van der Waals surface area (Å²) < 4.78 is 0. The number of anilines is 1. The SMILES string of the molecule is Nc1cccc(C(=O)NCC2(CO)CCCC2)c1. The van der Waals surface area contributed by atoms with E-state index in [-0.39, 0.29) is 17.9 Å². The smallest absolute Gasteiger partial charge is 0.251 e. The first-order valence-electron chi connectivity index (χ1n) is 6.40. The van der Waals surface area contributed by atoms with Gasteiger partial charge in [-0.1, -0.05) is 18.9 Å². The molecule has 0 atom stereocenters. The maximum atomic E-state index is 12.0. The highest BCUT2D eigenvalue weighted by Gasteiger charge is 2.33. The van der Waals surface area contributed by atoms with E-state index in [0.29, 0.717) is 17.8 Å². The summed E-state index contributed by atoms with van der Waals surface area (Å²) in [5, 5.41) is 12.4. The second-order valence-electron chi connectivity index (χ2n) is 5.17. The third kappa shape index (κ3) is 2.82. The number of hydrogen-bond donors (Lipinski definition) is 3. The maximum Gasteiger partial charge on any atom is 0.251 e. The Labute approximate surface area is 107 Å². The normalized spacial score (nSPS) is 17.6. The van der Waals surface area contributed by atoms with Crippen molar-refractivity contribution in [2.24, 2.45) is 5.41 Å². The van der Waals surface area contributed by atoms with Crippen LogP contribution in [0.1, 0.15) is 36.0 Å². The lowest BCUT2D eigenvalue weighted by Crippen LogP contribution is -2.38. The van der Waals surface area contributed by atoms with E-state index < -0.39 is 0 Å². The molecule has 18 heavy (non-hydrogen) atoms. The number of aliphatic hydroxyl groups is 1. The van der Waals surface area contributed by atoms with Crippen LogP contribution in [0.3, 0.4) is 0 Å². The predicted molar refractivity (Wildman–Crippen MR) is 71.2 cm³/mol. The third-order valence-corrected chi connectivity index (χ3v) is 3.77. The van der Waals surface area contributed by atoms with Crippen LogP contribution in [0, 0.1) is 5.41 Å². The molecule has 0 heterocycles. The number of carbonyl (C=O) groups is 1. The lowest BCUT2D eigenvalue weighted by atomic mass is 9.87. The zero-order valence-electron chi connectivity index (χ0n) is 10.5. The summed E-state index contributed by atoms with van der Waals surface area (Å²) in [6, 6.07) is 6.92. The molecule has 1 fully saturated rings. The van der Waals surface area contributed by atoms with Gasteiger partial charge >= 0.3 is 0 Å². The van der Waals surface area contributed by atoms with E-state index in [0.717, 1.165) is 25.7 Å². The van der Waals surface area contributed by atoms with E-state index in [1.54, 1.807) is 24.3 Å². The minimum absolute atomic E-state index is 0.115. The summed E-state index contributed by atoms with van der Waals surface area (Å²) in [6.45, 7) is 0.682. The largest absolute Gasteiger partial charge is 0.399 e. The van der Waals surface area contributed by atoms with Gasteiger partial charge in [-0.25, -0.2) is 0 Å². The molecule has 1 aliphatic rings. The van der Waals surface area contributed by atoms with E-state index >= 15 is 0 Å². The van der Waals surface area contributed by atoms with Crippen molar-refractivity contribution in [3.8, 4) is 0 Å². The fourth-order valence-electron chi connectivity index (χ4n) is 2.57. The topological polar surface area (TPSA) is 75.4 Å². The first kappa shape index (κ1) is 12.9. The van der Waals surface area contributed by atoms with Crippen molar-refractivity contribution in [3.63, 3.8) is 0 Å². The van der Waals surface area contributed by atoms with Gasteiger partial charge in [0, 0.05) is 23.2 Å². The number of benzene rings is 1. The minimum atomic E-state index is -0.123. The summed E-state index contributed by atoms with van der Waals surface area (Å²) in [5.74, 6) is -0.123. The molecule has 0 saturated heterocycles. The molecule has 4 heteroatoms. The first-order valence-corrected chi connectivity index (χ1v) is 6.40. The summed E-state index contributed by atoms with van der Waals surface area (Å²) in [4.78, 5) is 12.0. The Morgan fingerprint density at radius 3 is 2.72 bits per heavy atom. The van der Waals surface area contributed by atoms with E-state index in [9.17, 15) is 9.90 Å². The van der Waals surface area contributed by atoms with E-state index in [1.165, 1.54) is 0 Å². The molecule has 0 aromatic heterocycles. The van der Waals surface area contributed by atoms with Gasteiger partial charge in [0.15, 0.2) is 0 Å². The van der Waals surface area contributed by atoms with Crippen molar-refractivity contribution in [2.45, 2.75) is 25.7 Å². The van der Waals surface area contributed by atoms with Crippen LogP contribution in [0.5, 0.6) is 0 Å². The molecule has 1 aromatic carbocycles. The van der Waals surface area contributed by atoms with Crippen LogP contribution in [-0.4, -0.2) is 24.2 Å². The van der Waals surface area contributed by atoms with Crippen molar-refractivity contribution < 1.29 is 9.90 Å². The Balaban J connectivity index is 1.96. The van der Waals surface area contributed by atoms with Crippen LogP contribution in [0.15, 0.2) is 24.3 Å². The summed E-state index contributed by atoms with van der Waals surface area (Å²) in [6.07, 6.45) is 4.24. The molecule has 98 valence electrons. The molecular weight excluding hydrogens is 228 g/mol. The molecule has 4 N–H and O–H groups in total. The van der Waals surface area contributed by atoms with Gasteiger partial charge in [-0.2, -0.15) is 0 Å². The van der Waals surface area contributed by atoms with E-state index in [4.69, 9.17) is 5.73 Å². The van der Waals surface area contributed by atoms with Crippen LogP contribution in [0.25, 0.3) is 0 Å². The zero-order chi connectivity index (χ0) is 13.0. The van der Waals surface area contributed by atoms with Gasteiger partial charge in [0.25, 0.3) is 5.91 Å². The van der Waals surface area contributed by atoms with Gasteiger partial charge in [-0.15, -0.1) is 0 Å². The average molecular weight is 248 g/mol. The van der Waals surface area contributed by atoms with Gasteiger partial charge < -0.3 is 16.2 Å². The van der Waals surface area contributed by atoms with Crippen LogP contribution in [0.4, 0.5) is 5.69 Å². The van der Waals surface area contributed by atoms with Gasteiger partial charge in [0.2, 0.25) is 0 Å². The monoisotopic (exact) mass is 248 g/mol. The molecule has 1 saturated carbocycles. The number of aliphatic hydroxyl groups excluding tert-OH is 1. The van der Waals surface area contributed by atoms with E-state index in [1.807, 2.05) is 0 Å². The van der Waals surface area contributed by atoms with Crippen molar-refractivity contribution in [1.82, 2.24) is 5.32 Å². The summed E-state index contributed by atoms with van der Waals surface area (Å²) in [7, 11) is 0. The van der Waals surface area contributed by atoms with Crippen LogP contribution in [-0.2, 0) is 0 Å². The molecule has 0 bridgehead atoms. The van der Waals surface area contributed by atoms with Crippen LogP contribution >= 0.6 is 0 Å². The fourth-order valence-corrected chi connectivity index (χ4v) is 2.57. The maximum absolute atomic E-state index is 12.0. The lowest BCUT2D eigenvalue weighted by molar-refractivity contribution is 0.0880. The second kappa shape index (κ2) is 5.40. The predicted octanol–water partition coefficient (Wildman–Crippen LogP) is 1.55.